The van der Waals surface area contributed by atoms with Crippen molar-refractivity contribution in [2.45, 2.75) is 39.2 Å². The first-order valence-electron chi connectivity index (χ1n) is 5.76. The maximum atomic E-state index is 11.4. The molecule has 0 radical (unpaired) electrons. The summed E-state index contributed by atoms with van der Waals surface area (Å²) in [4.78, 5) is 22.3. The summed E-state index contributed by atoms with van der Waals surface area (Å²) in [7, 11) is 0. The van der Waals surface area contributed by atoms with Gasteiger partial charge in [0, 0.05) is 6.54 Å². The highest BCUT2D eigenvalue weighted by Crippen LogP contribution is 2.27. The van der Waals surface area contributed by atoms with Gasteiger partial charge in [0.15, 0.2) is 0 Å². The number of amides is 2. The molecular formula is C11H20N2O3. The van der Waals surface area contributed by atoms with Crippen LogP contribution >= 0.6 is 0 Å². The SMILES string of the molecule is CC(C)C[C@H](NC(=O)NCC1CC1)C(=O)O. The summed E-state index contributed by atoms with van der Waals surface area (Å²) in [6.45, 7) is 4.51. The molecule has 0 bridgehead atoms. The molecule has 3 N–H and O–H groups in total. The van der Waals surface area contributed by atoms with E-state index < -0.39 is 12.0 Å². The van der Waals surface area contributed by atoms with Crippen molar-refractivity contribution in [3.63, 3.8) is 0 Å². The summed E-state index contributed by atoms with van der Waals surface area (Å²) < 4.78 is 0. The molecule has 1 atom stereocenters. The molecule has 1 fully saturated rings. The standard InChI is InChI=1S/C11H20N2O3/c1-7(2)5-9(10(14)15)13-11(16)12-6-8-3-4-8/h7-9H,3-6H2,1-2H3,(H,14,15)(H2,12,13,16)/t9-/m0/s1. The zero-order valence-corrected chi connectivity index (χ0v) is 9.82. The van der Waals surface area contributed by atoms with Gasteiger partial charge in [-0.05, 0) is 31.1 Å². The summed E-state index contributed by atoms with van der Waals surface area (Å²) in [5.74, 6) is -0.140. The minimum absolute atomic E-state index is 0.241. The molecule has 0 aromatic carbocycles. The first-order chi connectivity index (χ1) is 7.49. The van der Waals surface area contributed by atoms with Gasteiger partial charge in [-0.3, -0.25) is 0 Å². The molecule has 0 saturated heterocycles. The lowest BCUT2D eigenvalue weighted by atomic mass is 10.0. The second-order valence-electron chi connectivity index (χ2n) is 4.82. The number of aliphatic carboxylic acids is 1. The van der Waals surface area contributed by atoms with Crippen LogP contribution in [0, 0.1) is 11.8 Å². The number of hydrogen-bond acceptors (Lipinski definition) is 2. The Bertz CT molecular complexity index is 262. The molecule has 0 aliphatic heterocycles. The molecule has 0 unspecified atom stereocenters. The number of hydrogen-bond donors (Lipinski definition) is 3. The highest BCUT2D eigenvalue weighted by atomic mass is 16.4. The Labute approximate surface area is 95.6 Å². The van der Waals surface area contributed by atoms with Crippen LogP contribution in [-0.4, -0.2) is 29.7 Å². The van der Waals surface area contributed by atoms with E-state index in [9.17, 15) is 9.59 Å². The van der Waals surface area contributed by atoms with Crippen LogP contribution in [0.4, 0.5) is 4.79 Å². The Morgan fingerprint density at radius 2 is 2.00 bits per heavy atom. The number of rotatable bonds is 6. The predicted molar refractivity (Wildman–Crippen MR) is 60.1 cm³/mol. The second-order valence-corrected chi connectivity index (χ2v) is 4.82. The van der Waals surface area contributed by atoms with Crippen molar-refractivity contribution in [1.82, 2.24) is 10.6 Å². The number of nitrogens with one attached hydrogen (secondary N) is 2. The predicted octanol–water partition coefficient (Wildman–Crippen LogP) is 1.19. The fourth-order valence-corrected chi connectivity index (χ4v) is 1.46. The monoisotopic (exact) mass is 228 g/mol. The van der Waals surface area contributed by atoms with Crippen LogP contribution in [0.2, 0.25) is 0 Å². The molecule has 0 aromatic rings. The molecule has 1 aliphatic carbocycles. The summed E-state index contributed by atoms with van der Waals surface area (Å²) in [5.41, 5.74) is 0. The Hall–Kier alpha value is -1.26. The average Bonchev–Trinajstić information content (AvgIpc) is 2.96. The van der Waals surface area contributed by atoms with Crippen molar-refractivity contribution < 1.29 is 14.7 Å². The van der Waals surface area contributed by atoms with Gasteiger partial charge < -0.3 is 15.7 Å². The number of urea groups is 1. The molecule has 5 nitrogen and oxygen atoms in total. The lowest BCUT2D eigenvalue weighted by Crippen LogP contribution is -2.47. The van der Waals surface area contributed by atoms with Crippen LogP contribution in [-0.2, 0) is 4.79 Å². The normalized spacial score (nSPS) is 16.9. The highest BCUT2D eigenvalue weighted by Gasteiger charge is 2.24. The summed E-state index contributed by atoms with van der Waals surface area (Å²) >= 11 is 0. The van der Waals surface area contributed by atoms with Gasteiger partial charge in [-0.1, -0.05) is 13.8 Å². The van der Waals surface area contributed by atoms with Gasteiger partial charge in [-0.25, -0.2) is 9.59 Å². The summed E-state index contributed by atoms with van der Waals surface area (Å²) in [6.07, 6.45) is 2.77. The van der Waals surface area contributed by atoms with Crippen LogP contribution < -0.4 is 10.6 Å². The van der Waals surface area contributed by atoms with E-state index in [2.05, 4.69) is 10.6 Å². The van der Waals surface area contributed by atoms with Crippen molar-refractivity contribution in [3.8, 4) is 0 Å². The van der Waals surface area contributed by atoms with Crippen LogP contribution in [0.5, 0.6) is 0 Å². The molecular weight excluding hydrogens is 208 g/mol. The van der Waals surface area contributed by atoms with Crippen LogP contribution in [0.1, 0.15) is 33.1 Å². The molecule has 2 amide bonds. The number of carbonyl (C=O) groups is 2. The maximum absolute atomic E-state index is 11.4. The quantitative estimate of drug-likeness (QED) is 0.639. The molecule has 5 heteroatoms. The van der Waals surface area contributed by atoms with Crippen molar-refractivity contribution in [2.75, 3.05) is 6.54 Å². The molecule has 16 heavy (non-hydrogen) atoms. The third-order valence-electron chi connectivity index (χ3n) is 2.56. The number of carbonyl (C=O) groups excluding carboxylic acids is 1. The third-order valence-corrected chi connectivity index (χ3v) is 2.56. The van der Waals surface area contributed by atoms with E-state index in [1.165, 1.54) is 0 Å². The Kier molecular flexibility index (Phi) is 4.58. The topological polar surface area (TPSA) is 78.4 Å². The minimum Gasteiger partial charge on any atom is -0.480 e. The minimum atomic E-state index is -0.977. The van der Waals surface area contributed by atoms with Crippen LogP contribution in [0.25, 0.3) is 0 Å². The second kappa shape index (κ2) is 5.72. The first kappa shape index (κ1) is 12.8. The summed E-state index contributed by atoms with van der Waals surface area (Å²) in [5, 5.41) is 14.1. The van der Waals surface area contributed by atoms with Gasteiger partial charge in [-0.2, -0.15) is 0 Å². The molecule has 0 heterocycles. The van der Waals surface area contributed by atoms with Crippen molar-refractivity contribution >= 4 is 12.0 Å². The van der Waals surface area contributed by atoms with Crippen molar-refractivity contribution in [3.05, 3.63) is 0 Å². The fourth-order valence-electron chi connectivity index (χ4n) is 1.46. The average molecular weight is 228 g/mol. The zero-order valence-electron chi connectivity index (χ0n) is 9.82. The lowest BCUT2D eigenvalue weighted by Gasteiger charge is -2.16. The molecule has 0 spiro atoms. The van der Waals surface area contributed by atoms with Gasteiger partial charge in [0.05, 0.1) is 0 Å². The largest absolute Gasteiger partial charge is 0.480 e. The van der Waals surface area contributed by atoms with E-state index in [0.29, 0.717) is 18.9 Å². The zero-order chi connectivity index (χ0) is 12.1. The van der Waals surface area contributed by atoms with Gasteiger partial charge in [-0.15, -0.1) is 0 Å². The van der Waals surface area contributed by atoms with E-state index in [4.69, 9.17) is 5.11 Å². The van der Waals surface area contributed by atoms with Gasteiger partial charge in [0.1, 0.15) is 6.04 Å². The molecule has 1 aliphatic rings. The Balaban J connectivity index is 2.28. The van der Waals surface area contributed by atoms with Crippen LogP contribution in [0.3, 0.4) is 0 Å². The maximum Gasteiger partial charge on any atom is 0.326 e. The highest BCUT2D eigenvalue weighted by molar-refractivity contribution is 5.82. The van der Waals surface area contributed by atoms with Gasteiger partial charge in [0.25, 0.3) is 0 Å². The molecule has 0 aromatic heterocycles. The lowest BCUT2D eigenvalue weighted by molar-refractivity contribution is -0.139. The van der Waals surface area contributed by atoms with E-state index >= 15 is 0 Å². The Morgan fingerprint density at radius 3 is 2.44 bits per heavy atom. The van der Waals surface area contributed by atoms with Crippen molar-refractivity contribution in [1.29, 1.82) is 0 Å². The smallest absolute Gasteiger partial charge is 0.326 e. The number of carboxylic acids is 1. The number of carboxylic acid groups (broad SMARTS) is 1. The van der Waals surface area contributed by atoms with E-state index in [-0.39, 0.29) is 11.9 Å². The van der Waals surface area contributed by atoms with Crippen LogP contribution in [0.15, 0.2) is 0 Å². The van der Waals surface area contributed by atoms with Gasteiger partial charge in [0.2, 0.25) is 0 Å². The third kappa shape index (κ3) is 5.00. The van der Waals surface area contributed by atoms with E-state index in [1.807, 2.05) is 13.8 Å². The molecule has 92 valence electrons. The summed E-state index contributed by atoms with van der Waals surface area (Å²) in [6, 6.07) is -1.17. The van der Waals surface area contributed by atoms with Gasteiger partial charge >= 0.3 is 12.0 Å². The van der Waals surface area contributed by atoms with E-state index in [1.54, 1.807) is 0 Å². The Morgan fingerprint density at radius 1 is 1.38 bits per heavy atom. The van der Waals surface area contributed by atoms with Crippen molar-refractivity contribution in [2.24, 2.45) is 11.8 Å². The van der Waals surface area contributed by atoms with E-state index in [0.717, 1.165) is 12.8 Å². The molecule has 1 saturated carbocycles. The first-order valence-corrected chi connectivity index (χ1v) is 5.76. The molecule has 1 rings (SSSR count). The fraction of sp³-hybridized carbons (Fsp3) is 0.818.